The van der Waals surface area contributed by atoms with Gasteiger partial charge < -0.3 is 10.4 Å². The van der Waals surface area contributed by atoms with E-state index in [1.54, 1.807) is 12.1 Å². The van der Waals surface area contributed by atoms with Crippen LogP contribution < -0.4 is 5.32 Å². The number of anilines is 1. The number of hydrogen-bond acceptors (Lipinski definition) is 2. The summed E-state index contributed by atoms with van der Waals surface area (Å²) in [5.74, 6) is 0. The normalized spacial score (nSPS) is 12.2. The van der Waals surface area contributed by atoms with Crippen LogP contribution in [0.2, 0.25) is 10.0 Å². The summed E-state index contributed by atoms with van der Waals surface area (Å²) < 4.78 is 0.797. The molecular weight excluding hydrogens is 349 g/mol. The van der Waals surface area contributed by atoms with Gasteiger partial charge in [0, 0.05) is 4.47 Å². The zero-order valence-corrected chi connectivity index (χ0v) is 13.0. The Bertz CT molecular complexity index is 577. The summed E-state index contributed by atoms with van der Waals surface area (Å²) in [6.07, 6.45) is 0. The second-order valence-electron chi connectivity index (χ2n) is 4.03. The molecule has 2 N–H and O–H groups in total. The summed E-state index contributed by atoms with van der Waals surface area (Å²) in [5.41, 5.74) is 1.72. The summed E-state index contributed by atoms with van der Waals surface area (Å²) in [5, 5.41) is 14.0. The first kappa shape index (κ1) is 14.7. The fourth-order valence-electron chi connectivity index (χ4n) is 1.73. The summed E-state index contributed by atoms with van der Waals surface area (Å²) in [4.78, 5) is 0. The third kappa shape index (κ3) is 3.63. The summed E-state index contributed by atoms with van der Waals surface area (Å²) in [7, 11) is 0. The quantitative estimate of drug-likeness (QED) is 0.812. The van der Waals surface area contributed by atoms with Crippen LogP contribution in [0.4, 0.5) is 5.69 Å². The van der Waals surface area contributed by atoms with Gasteiger partial charge in [0.1, 0.15) is 0 Å². The van der Waals surface area contributed by atoms with Crippen molar-refractivity contribution in [2.45, 2.75) is 6.04 Å². The van der Waals surface area contributed by atoms with Crippen molar-refractivity contribution in [1.82, 2.24) is 0 Å². The minimum Gasteiger partial charge on any atom is -0.394 e. The summed E-state index contributed by atoms with van der Waals surface area (Å²) in [6.45, 7) is -0.0424. The highest BCUT2D eigenvalue weighted by molar-refractivity contribution is 9.10. The lowest BCUT2D eigenvalue weighted by Gasteiger charge is -2.19. The van der Waals surface area contributed by atoms with Gasteiger partial charge in [0.15, 0.2) is 0 Å². The Labute approximate surface area is 130 Å². The predicted molar refractivity (Wildman–Crippen MR) is 84.1 cm³/mol. The number of nitrogens with one attached hydrogen (secondary N) is 1. The molecule has 0 fully saturated rings. The highest BCUT2D eigenvalue weighted by Gasteiger charge is 2.13. The first-order valence-electron chi connectivity index (χ1n) is 5.68. The highest BCUT2D eigenvalue weighted by Crippen LogP contribution is 2.29. The van der Waals surface area contributed by atoms with Gasteiger partial charge in [0.25, 0.3) is 0 Å². The van der Waals surface area contributed by atoms with Crippen molar-refractivity contribution in [3.8, 4) is 0 Å². The molecule has 2 nitrogen and oxygen atoms in total. The van der Waals surface area contributed by atoms with Gasteiger partial charge >= 0.3 is 0 Å². The lowest BCUT2D eigenvalue weighted by Crippen LogP contribution is -2.15. The van der Waals surface area contributed by atoms with Crippen LogP contribution in [-0.2, 0) is 0 Å². The zero-order valence-electron chi connectivity index (χ0n) is 9.91. The van der Waals surface area contributed by atoms with Crippen molar-refractivity contribution in [3.05, 3.63) is 62.5 Å². The first-order chi connectivity index (χ1) is 9.11. The van der Waals surface area contributed by atoms with Crippen LogP contribution in [0.25, 0.3) is 0 Å². The number of halogens is 3. The molecule has 0 spiro atoms. The molecule has 0 amide bonds. The Balaban J connectivity index is 2.25. The molecule has 0 saturated carbocycles. The molecule has 0 aliphatic rings. The Morgan fingerprint density at radius 2 is 1.84 bits per heavy atom. The molecule has 1 atom stereocenters. The van der Waals surface area contributed by atoms with Gasteiger partial charge in [-0.15, -0.1) is 0 Å². The molecular formula is C14H12BrCl2NO. The van der Waals surface area contributed by atoms with Crippen molar-refractivity contribution in [2.24, 2.45) is 0 Å². The third-order valence-electron chi connectivity index (χ3n) is 2.73. The number of rotatable bonds is 4. The lowest BCUT2D eigenvalue weighted by atomic mass is 10.1. The Morgan fingerprint density at radius 3 is 2.47 bits per heavy atom. The Morgan fingerprint density at radius 1 is 1.11 bits per heavy atom. The molecule has 2 rings (SSSR count). The van der Waals surface area contributed by atoms with E-state index in [2.05, 4.69) is 21.2 Å². The molecule has 0 aliphatic carbocycles. The van der Waals surface area contributed by atoms with Crippen LogP contribution in [0.5, 0.6) is 0 Å². The molecule has 0 aliphatic heterocycles. The molecule has 5 heteroatoms. The van der Waals surface area contributed by atoms with Crippen LogP contribution in [-0.4, -0.2) is 11.7 Å². The molecule has 2 aromatic carbocycles. The molecule has 0 radical (unpaired) electrons. The van der Waals surface area contributed by atoms with Crippen molar-refractivity contribution < 1.29 is 5.11 Å². The average molecular weight is 361 g/mol. The Kier molecular flexibility index (Phi) is 5.11. The zero-order chi connectivity index (χ0) is 13.8. The Hall–Kier alpha value is -0.740. The average Bonchev–Trinajstić information content (AvgIpc) is 2.41. The van der Waals surface area contributed by atoms with E-state index in [4.69, 9.17) is 23.2 Å². The number of hydrogen-bond donors (Lipinski definition) is 2. The topological polar surface area (TPSA) is 32.3 Å². The van der Waals surface area contributed by atoms with E-state index in [-0.39, 0.29) is 12.6 Å². The van der Waals surface area contributed by atoms with Crippen molar-refractivity contribution in [1.29, 1.82) is 0 Å². The van der Waals surface area contributed by atoms with Crippen molar-refractivity contribution in [3.63, 3.8) is 0 Å². The maximum absolute atomic E-state index is 9.54. The summed E-state index contributed by atoms with van der Waals surface area (Å²) in [6, 6.07) is 12.7. The standard InChI is InChI=1S/C14H12BrCl2NO/c15-10-7-9(5-6-11(10)16)14(8-19)18-13-4-2-1-3-12(13)17/h1-7,14,18-19H,8H2. The van der Waals surface area contributed by atoms with Gasteiger partial charge in [-0.2, -0.15) is 0 Å². The van der Waals surface area contributed by atoms with Gasteiger partial charge in [-0.25, -0.2) is 0 Å². The van der Waals surface area contributed by atoms with E-state index >= 15 is 0 Å². The minimum atomic E-state index is -0.242. The van der Waals surface area contributed by atoms with E-state index in [0.29, 0.717) is 10.0 Å². The van der Waals surface area contributed by atoms with Crippen molar-refractivity contribution >= 4 is 44.8 Å². The second kappa shape index (κ2) is 6.62. The largest absolute Gasteiger partial charge is 0.394 e. The third-order valence-corrected chi connectivity index (χ3v) is 4.28. The van der Waals surface area contributed by atoms with Crippen LogP contribution >= 0.6 is 39.1 Å². The molecule has 0 heterocycles. The smallest absolute Gasteiger partial charge is 0.0745 e. The van der Waals surface area contributed by atoms with E-state index in [1.807, 2.05) is 30.3 Å². The monoisotopic (exact) mass is 359 g/mol. The number of aliphatic hydroxyl groups is 1. The second-order valence-corrected chi connectivity index (χ2v) is 5.70. The van der Waals surface area contributed by atoms with Crippen LogP contribution in [0.15, 0.2) is 46.9 Å². The number of aliphatic hydroxyl groups excluding tert-OH is 1. The molecule has 19 heavy (non-hydrogen) atoms. The van der Waals surface area contributed by atoms with Gasteiger partial charge in [-0.05, 0) is 45.8 Å². The van der Waals surface area contributed by atoms with Crippen LogP contribution in [0.1, 0.15) is 11.6 Å². The molecule has 1 unspecified atom stereocenters. The van der Waals surface area contributed by atoms with Gasteiger partial charge in [0.2, 0.25) is 0 Å². The fraction of sp³-hybridized carbons (Fsp3) is 0.143. The van der Waals surface area contributed by atoms with Crippen LogP contribution in [0.3, 0.4) is 0 Å². The predicted octanol–water partition coefficient (Wildman–Crippen LogP) is 4.90. The number of para-hydroxylation sites is 1. The number of benzene rings is 2. The van der Waals surface area contributed by atoms with Gasteiger partial charge in [0.05, 0.1) is 28.4 Å². The fourth-order valence-corrected chi connectivity index (χ4v) is 2.43. The molecule has 0 saturated heterocycles. The SMILES string of the molecule is OCC(Nc1ccccc1Cl)c1ccc(Cl)c(Br)c1. The molecule has 0 aromatic heterocycles. The first-order valence-corrected chi connectivity index (χ1v) is 7.23. The maximum Gasteiger partial charge on any atom is 0.0745 e. The summed E-state index contributed by atoms with van der Waals surface area (Å²) >= 11 is 15.4. The maximum atomic E-state index is 9.54. The molecule has 100 valence electrons. The van der Waals surface area contributed by atoms with E-state index in [1.165, 1.54) is 0 Å². The molecule has 0 bridgehead atoms. The van der Waals surface area contributed by atoms with Gasteiger partial charge in [-0.3, -0.25) is 0 Å². The van der Waals surface area contributed by atoms with Gasteiger partial charge in [-0.1, -0.05) is 41.4 Å². The minimum absolute atomic E-state index is 0.0424. The highest BCUT2D eigenvalue weighted by atomic mass is 79.9. The van der Waals surface area contributed by atoms with Crippen molar-refractivity contribution in [2.75, 3.05) is 11.9 Å². The van der Waals surface area contributed by atoms with Crippen LogP contribution in [0, 0.1) is 0 Å². The lowest BCUT2D eigenvalue weighted by molar-refractivity contribution is 0.276. The van der Waals surface area contributed by atoms with E-state index in [0.717, 1.165) is 15.7 Å². The van der Waals surface area contributed by atoms with E-state index in [9.17, 15) is 5.11 Å². The molecule has 2 aromatic rings. The van der Waals surface area contributed by atoms with E-state index < -0.39 is 0 Å².